The number of esters is 1. The molecule has 1 rings (SSSR count). The first-order chi connectivity index (χ1) is 14.5. The van der Waals surface area contributed by atoms with Gasteiger partial charge in [-0.3, -0.25) is 4.57 Å². The molecule has 0 amide bonds. The summed E-state index contributed by atoms with van der Waals surface area (Å²) in [6.45, 7) is 16.9. The second-order valence-corrected chi connectivity index (χ2v) is 17.1. The molecule has 31 heavy (non-hydrogen) atoms. The molecular weight excluding hydrogens is 542 g/mol. The topological polar surface area (TPSA) is 61.8 Å². The van der Waals surface area contributed by atoms with E-state index in [1.807, 2.05) is 12.1 Å². The summed E-state index contributed by atoms with van der Waals surface area (Å²) in [5.74, 6) is 1.22. The first-order valence-electron chi connectivity index (χ1n) is 10.8. The fourth-order valence-corrected chi connectivity index (χ4v) is 11.6. The molecule has 1 atom stereocenters. The van der Waals surface area contributed by atoms with Crippen molar-refractivity contribution in [3.63, 3.8) is 0 Å². The van der Waals surface area contributed by atoms with Crippen molar-refractivity contribution in [3.05, 3.63) is 33.4 Å². The van der Waals surface area contributed by atoms with Crippen molar-refractivity contribution < 1.29 is 23.1 Å². The SMILES string of the molecule is CCOP(=O)(OCC)C(C#C[Si](C(C)C)(C(C)C)C(C)C)OC(=O)c1ccccc1I. The third-order valence-corrected chi connectivity index (χ3v) is 14.8. The number of carbonyl (C=O) groups excluding carboxylic acids is 1. The lowest BCUT2D eigenvalue weighted by molar-refractivity contribution is 0.0451. The molecule has 0 aliphatic carbocycles. The molecule has 0 fully saturated rings. The minimum absolute atomic E-state index is 0.164. The smallest absolute Gasteiger partial charge is 0.383 e. The largest absolute Gasteiger partial charge is 0.432 e. The molecule has 0 N–H and O–H groups in total. The van der Waals surface area contributed by atoms with Gasteiger partial charge in [0.2, 0.25) is 0 Å². The third kappa shape index (κ3) is 6.91. The second kappa shape index (κ2) is 12.6. The molecule has 174 valence electrons. The summed E-state index contributed by atoms with van der Waals surface area (Å²) in [6.07, 6.45) is 0. The zero-order valence-electron chi connectivity index (χ0n) is 19.9. The normalized spacial score (nSPS) is 13.3. The molecule has 1 aromatic carbocycles. The van der Waals surface area contributed by atoms with Gasteiger partial charge in [0, 0.05) is 3.57 Å². The molecule has 5 nitrogen and oxygen atoms in total. The zero-order chi connectivity index (χ0) is 23.8. The second-order valence-electron chi connectivity index (χ2n) is 8.28. The molecule has 0 aliphatic heterocycles. The van der Waals surface area contributed by atoms with Gasteiger partial charge in [0.25, 0.3) is 5.85 Å². The Hall–Kier alpha value is -0.653. The average Bonchev–Trinajstić information content (AvgIpc) is 2.67. The van der Waals surface area contributed by atoms with Crippen LogP contribution in [-0.2, 0) is 18.3 Å². The summed E-state index contributed by atoms with van der Waals surface area (Å²) < 4.78 is 31.1. The molecule has 0 spiro atoms. The molecule has 8 heteroatoms. The van der Waals surface area contributed by atoms with Gasteiger partial charge in [0.15, 0.2) is 0 Å². The van der Waals surface area contributed by atoms with Gasteiger partial charge in [0.1, 0.15) is 8.07 Å². The van der Waals surface area contributed by atoms with E-state index in [-0.39, 0.29) is 13.2 Å². The van der Waals surface area contributed by atoms with Crippen molar-refractivity contribution in [3.8, 4) is 11.5 Å². The van der Waals surface area contributed by atoms with E-state index in [2.05, 4.69) is 75.6 Å². The lowest BCUT2D eigenvalue weighted by atomic mass is 10.2. The fraction of sp³-hybridized carbons (Fsp3) is 0.609. The van der Waals surface area contributed by atoms with E-state index in [1.54, 1.807) is 26.0 Å². The van der Waals surface area contributed by atoms with E-state index < -0.39 is 27.5 Å². The predicted molar refractivity (Wildman–Crippen MR) is 138 cm³/mol. The Morgan fingerprint density at radius 1 is 1.00 bits per heavy atom. The minimum atomic E-state index is -3.79. The van der Waals surface area contributed by atoms with Crippen LogP contribution in [0, 0.1) is 15.0 Å². The van der Waals surface area contributed by atoms with Crippen molar-refractivity contribution in [2.24, 2.45) is 0 Å². The van der Waals surface area contributed by atoms with Crippen molar-refractivity contribution in [1.29, 1.82) is 0 Å². The maximum atomic E-state index is 13.6. The quantitative estimate of drug-likeness (QED) is 0.0962. The molecule has 0 radical (unpaired) electrons. The van der Waals surface area contributed by atoms with Crippen LogP contribution < -0.4 is 0 Å². The van der Waals surface area contributed by atoms with Crippen molar-refractivity contribution in [2.75, 3.05) is 13.2 Å². The third-order valence-electron chi connectivity index (χ3n) is 5.50. The van der Waals surface area contributed by atoms with Gasteiger partial charge in [-0.05, 0) is 65.2 Å². The van der Waals surface area contributed by atoms with E-state index in [0.717, 1.165) is 3.57 Å². The molecular formula is C23H36IO5PSi. The lowest BCUT2D eigenvalue weighted by Crippen LogP contribution is -2.43. The highest BCUT2D eigenvalue weighted by molar-refractivity contribution is 14.1. The van der Waals surface area contributed by atoms with Crippen LogP contribution >= 0.6 is 30.2 Å². The Morgan fingerprint density at radius 2 is 1.48 bits per heavy atom. The summed E-state index contributed by atoms with van der Waals surface area (Å²) in [5, 5.41) is 0. The summed E-state index contributed by atoms with van der Waals surface area (Å²) >= 11 is 2.08. The van der Waals surface area contributed by atoms with Crippen molar-refractivity contribution in [1.82, 2.24) is 0 Å². The Morgan fingerprint density at radius 3 is 1.90 bits per heavy atom. The molecule has 0 saturated heterocycles. The number of hydrogen-bond donors (Lipinski definition) is 0. The van der Waals surface area contributed by atoms with E-state index in [9.17, 15) is 9.36 Å². The predicted octanol–water partition coefficient (Wildman–Crippen LogP) is 7.26. The Kier molecular flexibility index (Phi) is 11.5. The van der Waals surface area contributed by atoms with Gasteiger partial charge in [-0.2, -0.15) is 0 Å². The van der Waals surface area contributed by atoms with Crippen LogP contribution in [0.4, 0.5) is 0 Å². The van der Waals surface area contributed by atoms with E-state index >= 15 is 0 Å². The highest BCUT2D eigenvalue weighted by Crippen LogP contribution is 2.54. The molecule has 0 aliphatic rings. The number of ether oxygens (including phenoxy) is 1. The maximum Gasteiger partial charge on any atom is 0.383 e. The Bertz CT molecular complexity index is 812. The average molecular weight is 579 g/mol. The first-order valence-corrected chi connectivity index (χ1v) is 15.7. The highest BCUT2D eigenvalue weighted by atomic mass is 127. The Balaban J connectivity index is 3.54. The molecule has 1 unspecified atom stereocenters. The van der Waals surface area contributed by atoms with E-state index in [4.69, 9.17) is 13.8 Å². The van der Waals surface area contributed by atoms with Crippen LogP contribution in [0.25, 0.3) is 0 Å². The summed E-state index contributed by atoms with van der Waals surface area (Å²) in [6, 6.07) is 7.10. The van der Waals surface area contributed by atoms with Crippen molar-refractivity contribution >= 4 is 44.2 Å². The number of rotatable bonds is 10. The molecule has 0 saturated carbocycles. The molecule has 1 aromatic rings. The standard InChI is InChI=1S/C23H36IO5PSi/c1-9-27-30(26,28-10-2)22(29-23(25)20-13-11-12-14-21(20)24)15-16-31(17(3)4,18(5)6)19(7)8/h11-14,17-19,22H,9-10H2,1-8H3. The summed E-state index contributed by atoms with van der Waals surface area (Å²) in [7, 11) is -5.93. The first kappa shape index (κ1) is 28.4. The molecule has 0 aromatic heterocycles. The maximum absolute atomic E-state index is 13.6. The van der Waals surface area contributed by atoms with Crippen LogP contribution in [0.5, 0.6) is 0 Å². The van der Waals surface area contributed by atoms with Gasteiger partial charge in [-0.1, -0.05) is 59.6 Å². The molecule has 0 bridgehead atoms. The zero-order valence-corrected chi connectivity index (χ0v) is 24.0. The lowest BCUT2D eigenvalue weighted by Gasteiger charge is -2.38. The van der Waals surface area contributed by atoms with Crippen LogP contribution in [0.2, 0.25) is 16.6 Å². The van der Waals surface area contributed by atoms with Gasteiger partial charge in [0.05, 0.1) is 18.8 Å². The van der Waals surface area contributed by atoms with Crippen LogP contribution in [-0.4, -0.2) is 33.1 Å². The minimum Gasteiger partial charge on any atom is -0.432 e. The summed E-state index contributed by atoms with van der Waals surface area (Å²) in [4.78, 5) is 12.9. The fourth-order valence-electron chi connectivity index (χ4n) is 4.12. The highest BCUT2D eigenvalue weighted by Gasteiger charge is 2.43. The monoisotopic (exact) mass is 578 g/mol. The molecule has 0 heterocycles. The number of carbonyl (C=O) groups is 1. The number of benzene rings is 1. The van der Waals surface area contributed by atoms with Crippen LogP contribution in [0.1, 0.15) is 65.7 Å². The van der Waals surface area contributed by atoms with Gasteiger partial charge < -0.3 is 13.8 Å². The van der Waals surface area contributed by atoms with E-state index in [1.165, 1.54) is 0 Å². The van der Waals surface area contributed by atoms with Gasteiger partial charge in [-0.15, -0.1) is 5.54 Å². The van der Waals surface area contributed by atoms with Crippen LogP contribution in [0.3, 0.4) is 0 Å². The van der Waals surface area contributed by atoms with Crippen molar-refractivity contribution in [2.45, 2.75) is 77.9 Å². The Labute approximate surface area is 202 Å². The van der Waals surface area contributed by atoms with Crippen LogP contribution in [0.15, 0.2) is 24.3 Å². The van der Waals surface area contributed by atoms with E-state index in [0.29, 0.717) is 22.2 Å². The van der Waals surface area contributed by atoms with Gasteiger partial charge in [-0.25, -0.2) is 4.79 Å². The van der Waals surface area contributed by atoms with Gasteiger partial charge >= 0.3 is 13.6 Å². The summed E-state index contributed by atoms with van der Waals surface area (Å²) in [5.41, 5.74) is 5.04. The number of hydrogen-bond acceptors (Lipinski definition) is 5. The number of halogens is 1.